The van der Waals surface area contributed by atoms with E-state index in [-0.39, 0.29) is 56.9 Å². The summed E-state index contributed by atoms with van der Waals surface area (Å²) in [6.07, 6.45) is -1.83. The van der Waals surface area contributed by atoms with E-state index in [1.165, 1.54) is 0 Å². The van der Waals surface area contributed by atoms with Crippen LogP contribution in [0.15, 0.2) is 0 Å². The van der Waals surface area contributed by atoms with Crippen LogP contribution in [0.25, 0.3) is 0 Å². The first-order chi connectivity index (χ1) is 1.73. The van der Waals surface area contributed by atoms with E-state index >= 15 is 0 Å². The predicted molar refractivity (Wildman–Crippen MR) is 26.3 cm³/mol. The fraction of sp³-hybridized carbons (Fsp3) is 0. The second kappa shape index (κ2) is 9.50. The fourth-order valence-corrected chi connectivity index (χ4v) is 0. The number of hydrogen-bond acceptors (Lipinski definition) is 1. The molecule has 0 saturated heterocycles. The standard InChI is InChI=1S/CH2O3.Na.Pb.3H/c2-1(3)4;;;;;/h(H2,2,3,4);;;;;. The summed E-state index contributed by atoms with van der Waals surface area (Å²) in [6, 6.07) is 0. The van der Waals surface area contributed by atoms with Crippen molar-refractivity contribution in [3.05, 3.63) is 0 Å². The zero-order valence-corrected chi connectivity index (χ0v) is 8.01. The van der Waals surface area contributed by atoms with Crippen LogP contribution in [-0.4, -0.2) is 73.2 Å². The molecule has 0 spiro atoms. The molecule has 0 aromatic heterocycles. The molecule has 2 N–H and O–H groups in total. The Balaban J connectivity index is -0.0000000450. The summed E-state index contributed by atoms with van der Waals surface area (Å²) >= 11 is 0. The van der Waals surface area contributed by atoms with Crippen molar-refractivity contribution < 1.29 is 15.0 Å². The molecular weight excluding hydrogens is 290 g/mol. The van der Waals surface area contributed by atoms with Gasteiger partial charge in [-0.2, -0.15) is 0 Å². The average molecular weight is 295 g/mol. The second-order valence-electron chi connectivity index (χ2n) is 0.283. The molecule has 0 rings (SSSR count). The maximum absolute atomic E-state index is 8.56. The Kier molecular flexibility index (Phi) is 24.8. The Bertz CT molecular complexity index is 33.8. The van der Waals surface area contributed by atoms with Crippen molar-refractivity contribution in [2.45, 2.75) is 0 Å². The average Bonchev–Trinajstić information content (AvgIpc) is 0.811. The number of carbonyl (C=O) groups is 1. The second-order valence-corrected chi connectivity index (χ2v) is 0.283. The number of rotatable bonds is 0. The summed E-state index contributed by atoms with van der Waals surface area (Å²) in [5.41, 5.74) is 0. The van der Waals surface area contributed by atoms with Crippen LogP contribution in [0.1, 0.15) is 0 Å². The first-order valence-corrected chi connectivity index (χ1v) is 0.651. The Morgan fingerprint density at radius 3 is 1.33 bits per heavy atom. The van der Waals surface area contributed by atoms with Crippen LogP contribution in [0.5, 0.6) is 0 Å². The molecule has 6 heavy (non-hydrogen) atoms. The van der Waals surface area contributed by atoms with Gasteiger partial charge in [-0.25, -0.2) is 4.79 Å². The van der Waals surface area contributed by atoms with Crippen molar-refractivity contribution in [3.63, 3.8) is 0 Å². The molecule has 0 fully saturated rings. The van der Waals surface area contributed by atoms with Crippen molar-refractivity contribution in [3.8, 4) is 0 Å². The fourth-order valence-electron chi connectivity index (χ4n) is 0. The molecule has 32 valence electrons. The van der Waals surface area contributed by atoms with Crippen LogP contribution < -0.4 is 0 Å². The van der Waals surface area contributed by atoms with E-state index < -0.39 is 6.16 Å². The van der Waals surface area contributed by atoms with Gasteiger partial charge in [0, 0.05) is 0 Å². The zero-order chi connectivity index (χ0) is 3.58. The molecule has 0 atom stereocenters. The van der Waals surface area contributed by atoms with Crippen LogP contribution in [0.3, 0.4) is 0 Å². The van der Waals surface area contributed by atoms with E-state index in [9.17, 15) is 0 Å². The third kappa shape index (κ3) is 64.2. The number of carboxylic acid groups (broad SMARTS) is 2. The van der Waals surface area contributed by atoms with Crippen LogP contribution in [0, 0.1) is 0 Å². The van der Waals surface area contributed by atoms with Gasteiger partial charge in [-0.1, -0.05) is 0 Å². The van der Waals surface area contributed by atoms with Gasteiger partial charge in [-0.3, -0.25) is 0 Å². The quantitative estimate of drug-likeness (QED) is 0.544. The number of hydrogen-bond donors (Lipinski definition) is 2. The summed E-state index contributed by atoms with van der Waals surface area (Å²) in [5.74, 6) is 0. The van der Waals surface area contributed by atoms with Crippen molar-refractivity contribution in [1.29, 1.82) is 0 Å². The van der Waals surface area contributed by atoms with Crippen LogP contribution >= 0.6 is 0 Å². The molecule has 0 aliphatic rings. The summed E-state index contributed by atoms with van der Waals surface area (Å²) in [5, 5.41) is 13.9. The van der Waals surface area contributed by atoms with Crippen LogP contribution in [0.2, 0.25) is 0 Å². The Morgan fingerprint density at radius 1 is 1.33 bits per heavy atom. The molecule has 0 bridgehead atoms. The van der Waals surface area contributed by atoms with E-state index in [1.807, 2.05) is 0 Å². The molecule has 5 heteroatoms. The molecule has 0 saturated carbocycles. The van der Waals surface area contributed by atoms with Gasteiger partial charge in [-0.15, -0.1) is 0 Å². The van der Waals surface area contributed by atoms with Gasteiger partial charge in [0.1, 0.15) is 0 Å². The first kappa shape index (κ1) is 15.7. The van der Waals surface area contributed by atoms with Crippen molar-refractivity contribution in [2.24, 2.45) is 0 Å². The van der Waals surface area contributed by atoms with Crippen molar-refractivity contribution in [1.82, 2.24) is 0 Å². The Morgan fingerprint density at radius 2 is 1.33 bits per heavy atom. The van der Waals surface area contributed by atoms with Gasteiger partial charge in [-0.05, 0) is 0 Å². The third-order valence-electron chi connectivity index (χ3n) is 0. The summed E-state index contributed by atoms with van der Waals surface area (Å²) in [6.45, 7) is 0. The molecular formula is CH5NaO3Pb. The summed E-state index contributed by atoms with van der Waals surface area (Å²) in [4.78, 5) is 8.56. The minimum atomic E-state index is -1.83. The van der Waals surface area contributed by atoms with Gasteiger partial charge >= 0.3 is 63.0 Å². The first-order valence-electron chi connectivity index (χ1n) is 0.651. The molecule has 0 aromatic carbocycles. The third-order valence-corrected chi connectivity index (χ3v) is 0. The molecule has 0 heterocycles. The Hall–Kier alpha value is 1.19. The monoisotopic (exact) mass is 296 g/mol. The summed E-state index contributed by atoms with van der Waals surface area (Å²) in [7, 11) is 0. The molecule has 2 radical (unpaired) electrons. The van der Waals surface area contributed by atoms with Crippen LogP contribution in [0.4, 0.5) is 4.79 Å². The van der Waals surface area contributed by atoms with Gasteiger partial charge in [0.05, 0.1) is 0 Å². The van der Waals surface area contributed by atoms with E-state index in [4.69, 9.17) is 15.0 Å². The SMILES string of the molecule is O=C(O)O.[NaH].[PbH2]. The van der Waals surface area contributed by atoms with Crippen molar-refractivity contribution >= 4 is 63.0 Å². The van der Waals surface area contributed by atoms with Gasteiger partial charge in [0.25, 0.3) is 0 Å². The van der Waals surface area contributed by atoms with Crippen LogP contribution in [-0.2, 0) is 0 Å². The van der Waals surface area contributed by atoms with E-state index in [0.717, 1.165) is 0 Å². The van der Waals surface area contributed by atoms with E-state index in [1.54, 1.807) is 0 Å². The molecule has 0 aliphatic carbocycles. The Labute approximate surface area is 77.2 Å². The molecule has 3 nitrogen and oxygen atoms in total. The minimum absolute atomic E-state index is 0. The summed E-state index contributed by atoms with van der Waals surface area (Å²) < 4.78 is 0. The normalized spacial score (nSPS) is 4.00. The van der Waals surface area contributed by atoms with Gasteiger partial charge < -0.3 is 10.2 Å². The van der Waals surface area contributed by atoms with E-state index in [0.29, 0.717) is 0 Å². The predicted octanol–water partition coefficient (Wildman–Crippen LogP) is -1.34. The molecule has 0 amide bonds. The van der Waals surface area contributed by atoms with Crippen molar-refractivity contribution in [2.75, 3.05) is 0 Å². The maximum atomic E-state index is 8.56. The molecule has 0 aliphatic heterocycles. The topological polar surface area (TPSA) is 57.5 Å². The van der Waals surface area contributed by atoms with E-state index in [2.05, 4.69) is 0 Å². The van der Waals surface area contributed by atoms with Gasteiger partial charge in [0.15, 0.2) is 0 Å². The van der Waals surface area contributed by atoms with Gasteiger partial charge in [0.2, 0.25) is 0 Å². The molecule has 0 aromatic rings. The zero-order valence-electron chi connectivity index (χ0n) is 2.51. The molecule has 0 unspecified atom stereocenters.